The molecule has 0 saturated carbocycles. The average molecular weight is 405 g/mol. The van der Waals surface area contributed by atoms with E-state index in [1.807, 2.05) is 13.0 Å². The summed E-state index contributed by atoms with van der Waals surface area (Å²) in [5, 5.41) is 7.90. The smallest absolute Gasteiger partial charge is 0.238 e. The second-order valence-corrected chi connectivity index (χ2v) is 8.66. The maximum atomic E-state index is 13.4. The number of nitrogens with two attached hydrogens (primary N) is 1. The number of nitrogens with one attached hydrogen (secondary N) is 1. The number of primary sulfonamides is 1. The van der Waals surface area contributed by atoms with Crippen LogP contribution >= 0.6 is 0 Å². The lowest BCUT2D eigenvalue weighted by atomic mass is 9.93. The molecule has 3 N–H and O–H groups in total. The van der Waals surface area contributed by atoms with Crippen molar-refractivity contribution in [1.29, 1.82) is 0 Å². The van der Waals surface area contributed by atoms with Crippen LogP contribution in [0.5, 0.6) is 0 Å². The predicted molar refractivity (Wildman–Crippen MR) is 106 cm³/mol. The van der Waals surface area contributed by atoms with E-state index >= 15 is 0 Å². The SMILES string of the molecule is CC(c1cccc(F)c1)N1CCC(C(=O)Nc2ccc(S(N)(=O)=O)cc2)CC1. The van der Waals surface area contributed by atoms with Crippen LogP contribution in [0, 0.1) is 11.7 Å². The summed E-state index contributed by atoms with van der Waals surface area (Å²) < 4.78 is 36.0. The van der Waals surface area contributed by atoms with E-state index in [1.165, 1.54) is 30.3 Å². The minimum Gasteiger partial charge on any atom is -0.326 e. The Balaban J connectivity index is 1.55. The molecule has 1 unspecified atom stereocenters. The van der Waals surface area contributed by atoms with Crippen molar-refractivity contribution in [2.24, 2.45) is 11.1 Å². The molecule has 150 valence electrons. The van der Waals surface area contributed by atoms with Crippen molar-refractivity contribution in [2.75, 3.05) is 18.4 Å². The number of nitrogens with zero attached hydrogens (tertiary/aromatic N) is 1. The zero-order valence-corrected chi connectivity index (χ0v) is 16.5. The molecule has 0 bridgehead atoms. The third-order valence-corrected chi connectivity index (χ3v) is 6.16. The van der Waals surface area contributed by atoms with Crippen LogP contribution in [0.1, 0.15) is 31.4 Å². The Hall–Kier alpha value is -2.29. The molecule has 1 saturated heterocycles. The molecule has 28 heavy (non-hydrogen) atoms. The van der Waals surface area contributed by atoms with Crippen LogP contribution in [0.3, 0.4) is 0 Å². The molecule has 1 atom stereocenters. The summed E-state index contributed by atoms with van der Waals surface area (Å²) in [7, 11) is -3.75. The second-order valence-electron chi connectivity index (χ2n) is 7.10. The van der Waals surface area contributed by atoms with Crippen LogP contribution in [0.25, 0.3) is 0 Å². The Morgan fingerprint density at radius 1 is 1.18 bits per heavy atom. The number of amides is 1. The van der Waals surface area contributed by atoms with Crippen LogP contribution in [0.15, 0.2) is 53.4 Å². The van der Waals surface area contributed by atoms with Gasteiger partial charge in [0.1, 0.15) is 5.82 Å². The van der Waals surface area contributed by atoms with Gasteiger partial charge in [-0.1, -0.05) is 12.1 Å². The third kappa shape index (κ3) is 4.95. The molecule has 8 heteroatoms. The number of halogens is 1. The number of piperidine rings is 1. The number of benzene rings is 2. The van der Waals surface area contributed by atoms with Crippen molar-refractivity contribution in [3.63, 3.8) is 0 Å². The normalized spacial score (nSPS) is 17.2. The number of carbonyl (C=O) groups excluding carboxylic acids is 1. The van der Waals surface area contributed by atoms with Gasteiger partial charge in [-0.15, -0.1) is 0 Å². The first-order chi connectivity index (χ1) is 13.2. The average Bonchev–Trinajstić information content (AvgIpc) is 2.67. The summed E-state index contributed by atoms with van der Waals surface area (Å²) in [6.07, 6.45) is 1.42. The number of hydrogen-bond acceptors (Lipinski definition) is 4. The van der Waals surface area contributed by atoms with Crippen LogP contribution in [0.4, 0.5) is 10.1 Å². The van der Waals surface area contributed by atoms with Crippen LogP contribution < -0.4 is 10.5 Å². The Bertz CT molecular complexity index is 939. The van der Waals surface area contributed by atoms with Gasteiger partial charge in [0.25, 0.3) is 0 Å². The van der Waals surface area contributed by atoms with E-state index in [1.54, 1.807) is 12.1 Å². The Morgan fingerprint density at radius 2 is 1.82 bits per heavy atom. The molecule has 1 amide bonds. The molecule has 2 aromatic rings. The summed E-state index contributed by atoms with van der Waals surface area (Å²) in [4.78, 5) is 14.8. The molecule has 2 aromatic carbocycles. The van der Waals surface area contributed by atoms with Crippen LogP contribution in [-0.4, -0.2) is 32.3 Å². The van der Waals surface area contributed by atoms with Gasteiger partial charge >= 0.3 is 0 Å². The standard InChI is InChI=1S/C20H24FN3O3S/c1-14(16-3-2-4-17(21)13-16)24-11-9-15(10-12-24)20(25)23-18-5-7-19(8-6-18)28(22,26)27/h2-8,13-15H,9-12H2,1H3,(H,23,25)(H2,22,26,27). The van der Waals surface area contributed by atoms with E-state index in [-0.39, 0.29) is 28.6 Å². The van der Waals surface area contributed by atoms with E-state index in [4.69, 9.17) is 5.14 Å². The van der Waals surface area contributed by atoms with Crippen LogP contribution in [0.2, 0.25) is 0 Å². The number of sulfonamides is 1. The molecule has 1 fully saturated rings. The molecule has 0 spiro atoms. The molecule has 0 radical (unpaired) electrons. The Labute approximate surface area is 164 Å². The molecule has 1 heterocycles. The van der Waals surface area contributed by atoms with E-state index < -0.39 is 10.0 Å². The third-order valence-electron chi connectivity index (χ3n) is 5.23. The highest BCUT2D eigenvalue weighted by molar-refractivity contribution is 7.89. The van der Waals surface area contributed by atoms with Gasteiger partial charge in [-0.2, -0.15) is 0 Å². The zero-order valence-electron chi connectivity index (χ0n) is 15.6. The number of hydrogen-bond donors (Lipinski definition) is 2. The summed E-state index contributed by atoms with van der Waals surface area (Å²) in [5.74, 6) is -0.442. The minimum atomic E-state index is -3.75. The first-order valence-electron chi connectivity index (χ1n) is 9.17. The molecule has 1 aliphatic heterocycles. The number of likely N-dealkylation sites (tertiary alicyclic amines) is 1. The van der Waals surface area contributed by atoms with E-state index in [2.05, 4.69) is 10.2 Å². The van der Waals surface area contributed by atoms with Crippen LogP contribution in [-0.2, 0) is 14.8 Å². The van der Waals surface area contributed by atoms with Gasteiger partial charge in [0.15, 0.2) is 0 Å². The maximum Gasteiger partial charge on any atom is 0.238 e. The highest BCUT2D eigenvalue weighted by Gasteiger charge is 2.28. The van der Waals surface area contributed by atoms with Gasteiger partial charge in [0, 0.05) is 17.6 Å². The molecule has 0 aromatic heterocycles. The van der Waals surface area contributed by atoms with E-state index in [9.17, 15) is 17.6 Å². The van der Waals surface area contributed by atoms with Crippen molar-refractivity contribution < 1.29 is 17.6 Å². The van der Waals surface area contributed by atoms with Gasteiger partial charge in [-0.25, -0.2) is 17.9 Å². The van der Waals surface area contributed by atoms with Crippen molar-refractivity contribution in [1.82, 2.24) is 4.90 Å². The van der Waals surface area contributed by atoms with Gasteiger partial charge in [0.2, 0.25) is 15.9 Å². The second kappa shape index (κ2) is 8.38. The number of rotatable bonds is 5. The summed E-state index contributed by atoms with van der Waals surface area (Å²) >= 11 is 0. The Morgan fingerprint density at radius 3 is 2.39 bits per heavy atom. The largest absolute Gasteiger partial charge is 0.326 e. The Kier molecular flexibility index (Phi) is 6.12. The fourth-order valence-electron chi connectivity index (χ4n) is 3.50. The monoisotopic (exact) mass is 405 g/mol. The highest BCUT2D eigenvalue weighted by atomic mass is 32.2. The summed E-state index contributed by atoms with van der Waals surface area (Å²) in [6.45, 7) is 3.54. The molecular formula is C20H24FN3O3S. The lowest BCUT2D eigenvalue weighted by Gasteiger charge is -2.35. The lowest BCUT2D eigenvalue weighted by Crippen LogP contribution is -2.39. The van der Waals surface area contributed by atoms with E-state index in [0.717, 1.165) is 18.7 Å². The summed E-state index contributed by atoms with van der Waals surface area (Å²) in [5.41, 5.74) is 1.46. The molecule has 3 rings (SSSR count). The van der Waals surface area contributed by atoms with Gasteiger partial charge in [-0.3, -0.25) is 9.69 Å². The topological polar surface area (TPSA) is 92.5 Å². The fourth-order valence-corrected chi connectivity index (χ4v) is 4.01. The fraction of sp³-hybridized carbons (Fsp3) is 0.350. The zero-order chi connectivity index (χ0) is 20.3. The van der Waals surface area contributed by atoms with Gasteiger partial charge in [0.05, 0.1) is 4.90 Å². The summed E-state index contributed by atoms with van der Waals surface area (Å²) in [6, 6.07) is 12.5. The van der Waals surface area contributed by atoms with E-state index in [0.29, 0.717) is 18.5 Å². The minimum absolute atomic E-state index is 0.00476. The molecule has 0 aliphatic carbocycles. The lowest BCUT2D eigenvalue weighted by molar-refractivity contribution is -0.121. The van der Waals surface area contributed by atoms with Crippen molar-refractivity contribution >= 4 is 21.6 Å². The number of carbonyl (C=O) groups is 1. The van der Waals surface area contributed by atoms with Crippen molar-refractivity contribution in [2.45, 2.75) is 30.7 Å². The highest BCUT2D eigenvalue weighted by Crippen LogP contribution is 2.27. The first-order valence-corrected chi connectivity index (χ1v) is 10.7. The number of anilines is 1. The molecule has 1 aliphatic rings. The maximum absolute atomic E-state index is 13.4. The first kappa shape index (κ1) is 20.4. The van der Waals surface area contributed by atoms with Gasteiger partial charge < -0.3 is 5.32 Å². The molecular weight excluding hydrogens is 381 g/mol. The predicted octanol–water partition coefficient (Wildman–Crippen LogP) is 2.88. The van der Waals surface area contributed by atoms with Crippen molar-refractivity contribution in [3.8, 4) is 0 Å². The quantitative estimate of drug-likeness (QED) is 0.800. The molecule has 6 nitrogen and oxygen atoms in total. The van der Waals surface area contributed by atoms with Gasteiger partial charge in [-0.05, 0) is 74.8 Å². The van der Waals surface area contributed by atoms with Crippen molar-refractivity contribution in [3.05, 3.63) is 59.9 Å².